The van der Waals surface area contributed by atoms with Gasteiger partial charge in [-0.2, -0.15) is 8.42 Å². The first-order valence-corrected chi connectivity index (χ1v) is 10.6. The number of hydrogen-bond acceptors (Lipinski definition) is 4. The van der Waals surface area contributed by atoms with Crippen molar-refractivity contribution in [2.45, 2.75) is 18.7 Å². The van der Waals surface area contributed by atoms with Gasteiger partial charge in [-0.3, -0.25) is 14.1 Å². The van der Waals surface area contributed by atoms with E-state index in [0.717, 1.165) is 11.1 Å². The Morgan fingerprint density at radius 2 is 1.27 bits per heavy atom. The molecular formula is C22H16N2O5S. The maximum atomic E-state index is 13.2. The monoisotopic (exact) mass is 420 g/mol. The van der Waals surface area contributed by atoms with Gasteiger partial charge in [-0.15, -0.1) is 0 Å². The Balaban J connectivity index is 1.99. The summed E-state index contributed by atoms with van der Waals surface area (Å²) in [7, 11) is -4.59. The number of H-pyrrole nitrogens is 2. The van der Waals surface area contributed by atoms with Gasteiger partial charge >= 0.3 is 0 Å². The number of aromatic nitrogens is 2. The van der Waals surface area contributed by atoms with E-state index in [1.165, 1.54) is 12.1 Å². The Hall–Kier alpha value is -3.49. The summed E-state index contributed by atoms with van der Waals surface area (Å²) in [6.45, 7) is 3.89. The van der Waals surface area contributed by atoms with Gasteiger partial charge in [0.2, 0.25) is 0 Å². The van der Waals surface area contributed by atoms with Gasteiger partial charge in [-0.05, 0) is 61.4 Å². The molecule has 3 N–H and O–H groups in total. The van der Waals surface area contributed by atoms with Crippen LogP contribution in [-0.2, 0) is 10.1 Å². The molecule has 30 heavy (non-hydrogen) atoms. The number of rotatable bonds is 1. The van der Waals surface area contributed by atoms with E-state index >= 15 is 0 Å². The number of aryl methyl sites for hydroxylation is 2. The summed E-state index contributed by atoms with van der Waals surface area (Å²) in [6, 6.07) is 11.0. The highest BCUT2D eigenvalue weighted by Gasteiger charge is 2.19. The molecule has 5 aromatic rings. The van der Waals surface area contributed by atoms with E-state index in [0.29, 0.717) is 27.3 Å². The fraction of sp³-hybridized carbons (Fsp3) is 0.0909. The van der Waals surface area contributed by atoms with Crippen LogP contribution in [0.25, 0.3) is 43.6 Å². The highest BCUT2D eigenvalue weighted by molar-refractivity contribution is 7.86. The number of aromatic amines is 2. The number of pyridine rings is 2. The summed E-state index contributed by atoms with van der Waals surface area (Å²) in [4.78, 5) is 32.0. The molecule has 0 radical (unpaired) electrons. The molecule has 5 rings (SSSR count). The third-order valence-corrected chi connectivity index (χ3v) is 6.49. The van der Waals surface area contributed by atoms with Gasteiger partial charge in [0.05, 0.1) is 27.5 Å². The minimum atomic E-state index is -4.59. The third kappa shape index (κ3) is 2.58. The van der Waals surface area contributed by atoms with E-state index < -0.39 is 20.4 Å². The third-order valence-electron chi connectivity index (χ3n) is 5.60. The van der Waals surface area contributed by atoms with E-state index in [1.54, 1.807) is 18.2 Å². The van der Waals surface area contributed by atoms with E-state index in [-0.39, 0.29) is 21.7 Å². The number of benzene rings is 3. The maximum Gasteiger partial charge on any atom is 0.295 e. The second-order valence-corrected chi connectivity index (χ2v) is 8.88. The molecule has 2 heterocycles. The molecule has 150 valence electrons. The molecule has 0 saturated carbocycles. The summed E-state index contributed by atoms with van der Waals surface area (Å²) in [5.74, 6) is 0. The summed E-state index contributed by atoms with van der Waals surface area (Å²) < 4.78 is 33.0. The Morgan fingerprint density at radius 3 is 1.93 bits per heavy atom. The predicted molar refractivity (Wildman–Crippen MR) is 117 cm³/mol. The van der Waals surface area contributed by atoms with Crippen molar-refractivity contribution in [2.24, 2.45) is 0 Å². The molecule has 3 aromatic carbocycles. The van der Waals surface area contributed by atoms with Gasteiger partial charge < -0.3 is 9.97 Å². The van der Waals surface area contributed by atoms with Crippen molar-refractivity contribution < 1.29 is 13.0 Å². The minimum Gasteiger partial charge on any atom is -0.354 e. The molecular weight excluding hydrogens is 404 g/mol. The average Bonchev–Trinajstić information content (AvgIpc) is 2.68. The van der Waals surface area contributed by atoms with Crippen molar-refractivity contribution in [1.82, 2.24) is 9.97 Å². The zero-order valence-corrected chi connectivity index (χ0v) is 16.8. The molecule has 0 aliphatic rings. The molecule has 0 aliphatic carbocycles. The molecule has 0 unspecified atom stereocenters. The second-order valence-electron chi connectivity index (χ2n) is 7.49. The molecule has 0 amide bonds. The normalized spacial score (nSPS) is 12.4. The van der Waals surface area contributed by atoms with Crippen LogP contribution in [0.4, 0.5) is 0 Å². The minimum absolute atomic E-state index is 0.124. The zero-order chi connectivity index (χ0) is 21.4. The lowest BCUT2D eigenvalue weighted by molar-refractivity contribution is 0.484. The molecule has 7 nitrogen and oxygen atoms in total. The summed E-state index contributed by atoms with van der Waals surface area (Å²) in [5, 5.41) is 1.06. The number of fused-ring (bicyclic) bond motifs is 4. The quantitative estimate of drug-likeness (QED) is 0.283. The van der Waals surface area contributed by atoms with Crippen molar-refractivity contribution in [3.05, 3.63) is 74.0 Å². The van der Waals surface area contributed by atoms with Crippen LogP contribution < -0.4 is 10.9 Å². The van der Waals surface area contributed by atoms with Crippen molar-refractivity contribution in [3.8, 4) is 0 Å². The van der Waals surface area contributed by atoms with Crippen LogP contribution >= 0.6 is 0 Å². The lowest BCUT2D eigenvalue weighted by atomic mass is 10.0. The van der Waals surface area contributed by atoms with E-state index in [2.05, 4.69) is 9.97 Å². The van der Waals surface area contributed by atoms with E-state index in [9.17, 15) is 22.6 Å². The molecule has 0 saturated heterocycles. The molecule has 0 bridgehead atoms. The lowest BCUT2D eigenvalue weighted by Gasteiger charge is -2.09. The highest BCUT2D eigenvalue weighted by atomic mass is 32.2. The fourth-order valence-electron chi connectivity index (χ4n) is 3.94. The maximum absolute atomic E-state index is 13.2. The first-order chi connectivity index (χ1) is 14.1. The van der Waals surface area contributed by atoms with Gasteiger partial charge in [0, 0.05) is 16.2 Å². The predicted octanol–water partition coefficient (Wildman–Crippen LogP) is 3.54. The number of nitrogens with one attached hydrogen (secondary N) is 2. The first kappa shape index (κ1) is 18.5. The van der Waals surface area contributed by atoms with Crippen LogP contribution in [-0.4, -0.2) is 22.9 Å². The summed E-state index contributed by atoms with van der Waals surface area (Å²) >= 11 is 0. The molecule has 0 atom stereocenters. The van der Waals surface area contributed by atoms with Gasteiger partial charge in [-0.25, -0.2) is 0 Å². The zero-order valence-electron chi connectivity index (χ0n) is 16.0. The molecule has 0 spiro atoms. The van der Waals surface area contributed by atoms with Crippen LogP contribution in [0, 0.1) is 13.8 Å². The van der Waals surface area contributed by atoms with Crippen molar-refractivity contribution in [1.29, 1.82) is 0 Å². The van der Waals surface area contributed by atoms with Crippen LogP contribution in [0.2, 0.25) is 0 Å². The van der Waals surface area contributed by atoms with Crippen LogP contribution in [0.5, 0.6) is 0 Å². The van der Waals surface area contributed by atoms with Gasteiger partial charge in [0.1, 0.15) is 4.90 Å². The second kappa shape index (κ2) is 6.01. The lowest BCUT2D eigenvalue weighted by Crippen LogP contribution is -2.11. The average molecular weight is 420 g/mol. The first-order valence-electron chi connectivity index (χ1n) is 9.18. The van der Waals surface area contributed by atoms with Crippen LogP contribution in [0.3, 0.4) is 0 Å². The number of hydrogen-bond donors (Lipinski definition) is 3. The van der Waals surface area contributed by atoms with E-state index in [4.69, 9.17) is 0 Å². The van der Waals surface area contributed by atoms with Crippen LogP contribution in [0.15, 0.2) is 56.9 Å². The molecule has 0 aliphatic heterocycles. The SMILES string of the molecule is Cc1cc2[nH]c3cc4c(=O)c5c(S(=O)(=O)O)cccc5[nH]c4cc3c(=O)c2cc1C. The Kier molecular flexibility index (Phi) is 3.71. The van der Waals surface area contributed by atoms with Crippen molar-refractivity contribution in [2.75, 3.05) is 0 Å². The highest BCUT2D eigenvalue weighted by Crippen LogP contribution is 2.25. The Morgan fingerprint density at radius 1 is 0.733 bits per heavy atom. The van der Waals surface area contributed by atoms with Gasteiger partial charge in [0.15, 0.2) is 10.9 Å². The standard InChI is InChI=1S/C22H16N2O5S/c1-10-6-12-16(7-11(10)2)24-17-9-14-18(8-13(17)21(12)25)23-15-4-3-5-19(30(27,28)29)20(15)22(14)26/h3-9H,1-2H3,(H,23,26)(H,24,25)(H,27,28,29). The summed E-state index contributed by atoms with van der Waals surface area (Å²) in [5.41, 5.74) is 3.12. The fourth-order valence-corrected chi connectivity index (χ4v) is 4.66. The Bertz CT molecular complexity index is 1780. The molecule has 8 heteroatoms. The molecule has 2 aromatic heterocycles. The van der Waals surface area contributed by atoms with Crippen molar-refractivity contribution in [3.63, 3.8) is 0 Å². The van der Waals surface area contributed by atoms with Crippen molar-refractivity contribution >= 4 is 53.7 Å². The largest absolute Gasteiger partial charge is 0.354 e. The van der Waals surface area contributed by atoms with E-state index in [1.807, 2.05) is 26.0 Å². The topological polar surface area (TPSA) is 120 Å². The molecule has 0 fully saturated rings. The summed E-state index contributed by atoms with van der Waals surface area (Å²) in [6.07, 6.45) is 0. The smallest absolute Gasteiger partial charge is 0.295 e. The van der Waals surface area contributed by atoms with Gasteiger partial charge in [-0.1, -0.05) is 6.07 Å². The van der Waals surface area contributed by atoms with Gasteiger partial charge in [0.25, 0.3) is 10.1 Å². The Labute approximate surface area is 169 Å². The van der Waals surface area contributed by atoms with Crippen LogP contribution in [0.1, 0.15) is 11.1 Å².